The van der Waals surface area contributed by atoms with E-state index in [1.807, 2.05) is 0 Å². The minimum absolute atomic E-state index is 0.0134. The van der Waals surface area contributed by atoms with Crippen molar-refractivity contribution in [2.75, 3.05) is 13.1 Å². The highest BCUT2D eigenvalue weighted by Gasteiger charge is 2.19. The molecule has 2 rings (SSSR count). The summed E-state index contributed by atoms with van der Waals surface area (Å²) in [6, 6.07) is 0.812. The van der Waals surface area contributed by atoms with Crippen LogP contribution in [0.1, 0.15) is 45.4 Å². The third-order valence-electron chi connectivity index (χ3n) is 3.82. The Bertz CT molecular complexity index is 314. The van der Waals surface area contributed by atoms with Crippen LogP contribution in [-0.2, 0) is 0 Å². The second-order valence-electron chi connectivity index (χ2n) is 5.51. The summed E-state index contributed by atoms with van der Waals surface area (Å²) in [6.45, 7) is 3.88. The van der Waals surface area contributed by atoms with Crippen molar-refractivity contribution < 1.29 is 4.79 Å². The van der Waals surface area contributed by atoms with Gasteiger partial charge < -0.3 is 16.0 Å². The highest BCUT2D eigenvalue weighted by Crippen LogP contribution is 2.16. The lowest BCUT2D eigenvalue weighted by atomic mass is 9.99. The lowest BCUT2D eigenvalue weighted by Gasteiger charge is -2.28. The minimum Gasteiger partial charge on any atom is -0.335 e. The predicted molar refractivity (Wildman–Crippen MR) is 73.6 cm³/mol. The summed E-state index contributed by atoms with van der Waals surface area (Å²) in [5, 5.41) is 9.44. The molecular formula is C14H25N3O. The molecule has 0 aromatic rings. The van der Waals surface area contributed by atoms with Gasteiger partial charge in [0.05, 0.1) is 0 Å². The largest absolute Gasteiger partial charge is 0.335 e. The monoisotopic (exact) mass is 251 g/mol. The summed E-state index contributed by atoms with van der Waals surface area (Å²) in [5.41, 5.74) is 1.38. The van der Waals surface area contributed by atoms with Gasteiger partial charge in [-0.05, 0) is 52.0 Å². The first-order valence-corrected chi connectivity index (χ1v) is 7.19. The molecule has 0 aromatic heterocycles. The molecule has 2 amide bonds. The quantitative estimate of drug-likeness (QED) is 0.671. The predicted octanol–water partition coefficient (Wildman–Crippen LogP) is 1.93. The van der Waals surface area contributed by atoms with Crippen LogP contribution in [0.2, 0.25) is 0 Å². The number of amides is 2. The lowest BCUT2D eigenvalue weighted by molar-refractivity contribution is 0.231. The van der Waals surface area contributed by atoms with E-state index in [2.05, 4.69) is 29.0 Å². The van der Waals surface area contributed by atoms with Gasteiger partial charge in [0.15, 0.2) is 0 Å². The van der Waals surface area contributed by atoms with E-state index in [0.717, 1.165) is 25.8 Å². The summed E-state index contributed by atoms with van der Waals surface area (Å²) >= 11 is 0. The number of urea groups is 1. The van der Waals surface area contributed by atoms with E-state index in [0.29, 0.717) is 18.6 Å². The Labute approximate surface area is 110 Å². The first-order valence-electron chi connectivity index (χ1n) is 7.19. The second kappa shape index (κ2) is 6.78. The number of hydrogen-bond acceptors (Lipinski definition) is 2. The molecule has 0 radical (unpaired) electrons. The summed E-state index contributed by atoms with van der Waals surface area (Å²) in [4.78, 5) is 11.8. The first kappa shape index (κ1) is 13.4. The Morgan fingerprint density at radius 1 is 1.50 bits per heavy atom. The zero-order valence-corrected chi connectivity index (χ0v) is 11.3. The molecule has 18 heavy (non-hydrogen) atoms. The maximum Gasteiger partial charge on any atom is 0.315 e. The molecule has 2 unspecified atom stereocenters. The van der Waals surface area contributed by atoms with Crippen LogP contribution < -0.4 is 16.0 Å². The zero-order chi connectivity index (χ0) is 12.8. The molecule has 0 aromatic carbocycles. The summed E-state index contributed by atoms with van der Waals surface area (Å²) in [5.74, 6) is 0. The van der Waals surface area contributed by atoms with Gasteiger partial charge in [0.2, 0.25) is 0 Å². The molecule has 4 heteroatoms. The first-order chi connectivity index (χ1) is 8.74. The normalized spacial score (nSPS) is 28.4. The SMILES string of the molecule is CC1CC(NC(=O)NCC2=CCCCC2)CCN1. The van der Waals surface area contributed by atoms with Crippen molar-refractivity contribution in [1.29, 1.82) is 0 Å². The number of carbonyl (C=O) groups excluding carboxylic acids is 1. The smallest absolute Gasteiger partial charge is 0.315 e. The number of rotatable bonds is 3. The number of piperidine rings is 1. The van der Waals surface area contributed by atoms with Crippen LogP contribution >= 0.6 is 0 Å². The van der Waals surface area contributed by atoms with Crippen LogP contribution in [0.3, 0.4) is 0 Å². The van der Waals surface area contributed by atoms with Gasteiger partial charge in [0, 0.05) is 18.6 Å². The fraction of sp³-hybridized carbons (Fsp3) is 0.786. The second-order valence-corrected chi connectivity index (χ2v) is 5.51. The average molecular weight is 251 g/mol. The molecule has 4 nitrogen and oxygen atoms in total. The minimum atomic E-state index is -0.0134. The van der Waals surface area contributed by atoms with Gasteiger partial charge in [0.1, 0.15) is 0 Å². The fourth-order valence-electron chi connectivity index (χ4n) is 2.76. The van der Waals surface area contributed by atoms with Crippen molar-refractivity contribution in [3.8, 4) is 0 Å². The topological polar surface area (TPSA) is 53.2 Å². The number of carbonyl (C=O) groups is 1. The number of nitrogens with one attached hydrogen (secondary N) is 3. The van der Waals surface area contributed by atoms with Crippen molar-refractivity contribution >= 4 is 6.03 Å². The van der Waals surface area contributed by atoms with Crippen LogP contribution in [0, 0.1) is 0 Å². The Morgan fingerprint density at radius 3 is 3.11 bits per heavy atom. The van der Waals surface area contributed by atoms with E-state index in [-0.39, 0.29) is 6.03 Å². The van der Waals surface area contributed by atoms with Gasteiger partial charge >= 0.3 is 6.03 Å². The summed E-state index contributed by atoms with van der Waals surface area (Å²) in [6.07, 6.45) is 9.20. The number of hydrogen-bond donors (Lipinski definition) is 3. The van der Waals surface area contributed by atoms with Crippen LogP contribution in [0.25, 0.3) is 0 Å². The van der Waals surface area contributed by atoms with E-state index in [1.165, 1.54) is 24.8 Å². The Morgan fingerprint density at radius 2 is 2.39 bits per heavy atom. The van der Waals surface area contributed by atoms with Gasteiger partial charge in [-0.15, -0.1) is 0 Å². The maximum absolute atomic E-state index is 11.8. The maximum atomic E-state index is 11.8. The van der Waals surface area contributed by atoms with Gasteiger partial charge in [-0.25, -0.2) is 4.79 Å². The molecule has 3 N–H and O–H groups in total. The van der Waals surface area contributed by atoms with Crippen LogP contribution in [-0.4, -0.2) is 31.2 Å². The van der Waals surface area contributed by atoms with Crippen molar-refractivity contribution in [2.45, 2.75) is 57.5 Å². The molecule has 2 atom stereocenters. The Kier molecular flexibility index (Phi) is 5.05. The molecule has 0 spiro atoms. The molecule has 1 saturated heterocycles. The van der Waals surface area contributed by atoms with Gasteiger partial charge in [-0.2, -0.15) is 0 Å². The van der Waals surface area contributed by atoms with E-state index >= 15 is 0 Å². The Hall–Kier alpha value is -1.03. The molecule has 1 fully saturated rings. The van der Waals surface area contributed by atoms with E-state index in [4.69, 9.17) is 0 Å². The van der Waals surface area contributed by atoms with Gasteiger partial charge in [-0.3, -0.25) is 0 Å². The molecule has 0 saturated carbocycles. The van der Waals surface area contributed by atoms with Crippen molar-refractivity contribution in [3.05, 3.63) is 11.6 Å². The highest BCUT2D eigenvalue weighted by atomic mass is 16.2. The van der Waals surface area contributed by atoms with Crippen molar-refractivity contribution in [3.63, 3.8) is 0 Å². The molecule has 1 heterocycles. The molecule has 2 aliphatic rings. The molecule has 1 aliphatic heterocycles. The molecule has 102 valence electrons. The third-order valence-corrected chi connectivity index (χ3v) is 3.82. The van der Waals surface area contributed by atoms with Crippen LogP contribution in [0.4, 0.5) is 4.79 Å². The van der Waals surface area contributed by atoms with Crippen molar-refractivity contribution in [2.24, 2.45) is 0 Å². The van der Waals surface area contributed by atoms with E-state index in [9.17, 15) is 4.79 Å². The van der Waals surface area contributed by atoms with Crippen molar-refractivity contribution in [1.82, 2.24) is 16.0 Å². The molecular weight excluding hydrogens is 226 g/mol. The van der Waals surface area contributed by atoms with Crippen LogP contribution in [0.15, 0.2) is 11.6 Å². The van der Waals surface area contributed by atoms with Gasteiger partial charge in [0.25, 0.3) is 0 Å². The lowest BCUT2D eigenvalue weighted by Crippen LogP contribution is -2.49. The summed E-state index contributed by atoms with van der Waals surface area (Å²) in [7, 11) is 0. The standard InChI is InChI=1S/C14H25N3O/c1-11-9-13(7-8-15-11)17-14(18)16-10-12-5-3-2-4-6-12/h5,11,13,15H,2-4,6-10H2,1H3,(H2,16,17,18). The highest BCUT2D eigenvalue weighted by molar-refractivity contribution is 5.74. The molecule has 1 aliphatic carbocycles. The average Bonchev–Trinajstić information content (AvgIpc) is 2.38. The third kappa shape index (κ3) is 4.33. The van der Waals surface area contributed by atoms with E-state index < -0.39 is 0 Å². The summed E-state index contributed by atoms with van der Waals surface area (Å²) < 4.78 is 0. The fourth-order valence-corrected chi connectivity index (χ4v) is 2.76. The molecule has 0 bridgehead atoms. The zero-order valence-electron chi connectivity index (χ0n) is 11.3. The van der Waals surface area contributed by atoms with Gasteiger partial charge in [-0.1, -0.05) is 11.6 Å². The van der Waals surface area contributed by atoms with E-state index in [1.54, 1.807) is 0 Å². The Balaban J connectivity index is 1.66. The number of allylic oxidation sites excluding steroid dienone is 1. The van der Waals surface area contributed by atoms with Crippen LogP contribution in [0.5, 0.6) is 0 Å².